The summed E-state index contributed by atoms with van der Waals surface area (Å²) < 4.78 is 6.11. The van der Waals surface area contributed by atoms with Gasteiger partial charge in [0, 0.05) is 24.9 Å². The van der Waals surface area contributed by atoms with Crippen molar-refractivity contribution in [3.05, 3.63) is 0 Å². The Kier molecular flexibility index (Phi) is 6.93. The summed E-state index contributed by atoms with van der Waals surface area (Å²) in [4.78, 5) is 11.6. The van der Waals surface area contributed by atoms with E-state index in [-0.39, 0.29) is 22.7 Å². The first-order valence-electron chi connectivity index (χ1n) is 7.28. The van der Waals surface area contributed by atoms with Gasteiger partial charge in [-0.25, -0.2) is 0 Å². The molecule has 0 aromatic heterocycles. The van der Waals surface area contributed by atoms with Gasteiger partial charge in [0.05, 0.1) is 6.10 Å². The van der Waals surface area contributed by atoms with Gasteiger partial charge in [-0.3, -0.25) is 4.79 Å². The lowest BCUT2D eigenvalue weighted by Gasteiger charge is -2.37. The van der Waals surface area contributed by atoms with E-state index in [0.29, 0.717) is 13.0 Å². The molecule has 0 fully saturated rings. The van der Waals surface area contributed by atoms with Crippen LogP contribution in [0.2, 0.25) is 18.1 Å². The Morgan fingerprint density at radius 3 is 2.11 bits per heavy atom. The molecule has 0 aliphatic carbocycles. The number of carbonyl (C=O) groups is 1. The first-order valence-corrected chi connectivity index (χ1v) is 10.2. The fraction of sp³-hybridized carbons (Fsp3) is 0.933. The molecule has 0 bridgehead atoms. The quantitative estimate of drug-likeness (QED) is 0.728. The molecule has 19 heavy (non-hydrogen) atoms. The van der Waals surface area contributed by atoms with Crippen molar-refractivity contribution in [1.29, 1.82) is 0 Å². The molecule has 0 saturated heterocycles. The molecule has 4 heteroatoms. The SMILES string of the molecule is CCC(=O)[C@@H](C)[C@@H](O)[C@@H](C)CO[Si](C)(C)C(C)(C)C. The van der Waals surface area contributed by atoms with Crippen molar-refractivity contribution in [2.24, 2.45) is 11.8 Å². The molecule has 3 atom stereocenters. The third kappa shape index (κ3) is 5.36. The van der Waals surface area contributed by atoms with Crippen molar-refractivity contribution >= 4 is 14.1 Å². The van der Waals surface area contributed by atoms with Gasteiger partial charge in [-0.2, -0.15) is 0 Å². The van der Waals surface area contributed by atoms with Gasteiger partial charge >= 0.3 is 0 Å². The van der Waals surface area contributed by atoms with Crippen LogP contribution in [0.3, 0.4) is 0 Å². The van der Waals surface area contributed by atoms with Gasteiger partial charge in [-0.05, 0) is 18.1 Å². The van der Waals surface area contributed by atoms with Crippen molar-refractivity contribution in [1.82, 2.24) is 0 Å². The monoisotopic (exact) mass is 288 g/mol. The molecule has 0 amide bonds. The van der Waals surface area contributed by atoms with Crippen LogP contribution in [-0.4, -0.2) is 31.9 Å². The van der Waals surface area contributed by atoms with Crippen molar-refractivity contribution < 1.29 is 14.3 Å². The van der Waals surface area contributed by atoms with Crippen LogP contribution >= 0.6 is 0 Å². The Morgan fingerprint density at radius 1 is 1.26 bits per heavy atom. The van der Waals surface area contributed by atoms with Crippen LogP contribution in [0, 0.1) is 11.8 Å². The Morgan fingerprint density at radius 2 is 1.74 bits per heavy atom. The van der Waals surface area contributed by atoms with Crippen molar-refractivity contribution in [2.75, 3.05) is 6.61 Å². The zero-order valence-corrected chi connectivity index (χ0v) is 14.9. The topological polar surface area (TPSA) is 46.5 Å². The van der Waals surface area contributed by atoms with Gasteiger partial charge in [0.1, 0.15) is 5.78 Å². The van der Waals surface area contributed by atoms with Crippen molar-refractivity contribution in [2.45, 2.75) is 72.2 Å². The highest BCUT2D eigenvalue weighted by Crippen LogP contribution is 2.37. The highest BCUT2D eigenvalue weighted by atomic mass is 28.4. The van der Waals surface area contributed by atoms with E-state index in [4.69, 9.17) is 4.43 Å². The minimum atomic E-state index is -1.78. The minimum Gasteiger partial charge on any atom is -0.416 e. The summed E-state index contributed by atoms with van der Waals surface area (Å²) in [5.41, 5.74) is 0. The highest BCUT2D eigenvalue weighted by molar-refractivity contribution is 6.74. The van der Waals surface area contributed by atoms with E-state index >= 15 is 0 Å². The summed E-state index contributed by atoms with van der Waals surface area (Å²) >= 11 is 0. The molecule has 0 aliphatic heterocycles. The van der Waals surface area contributed by atoms with Gasteiger partial charge in [-0.1, -0.05) is 41.5 Å². The lowest BCUT2D eigenvalue weighted by molar-refractivity contribution is -0.126. The Balaban J connectivity index is 4.47. The molecular formula is C15H32O3Si. The molecular weight excluding hydrogens is 256 g/mol. The molecule has 0 saturated carbocycles. The molecule has 0 aromatic rings. The highest BCUT2D eigenvalue weighted by Gasteiger charge is 2.38. The van der Waals surface area contributed by atoms with Gasteiger partial charge < -0.3 is 9.53 Å². The largest absolute Gasteiger partial charge is 0.416 e. The summed E-state index contributed by atoms with van der Waals surface area (Å²) in [5, 5.41) is 10.4. The summed E-state index contributed by atoms with van der Waals surface area (Å²) in [5.74, 6) is -0.200. The number of rotatable bonds is 7. The zero-order chi connectivity index (χ0) is 15.4. The smallest absolute Gasteiger partial charge is 0.191 e. The molecule has 3 nitrogen and oxygen atoms in total. The minimum absolute atomic E-state index is 0.0142. The third-order valence-electron chi connectivity index (χ3n) is 4.46. The molecule has 0 aliphatic rings. The van der Waals surface area contributed by atoms with E-state index in [9.17, 15) is 9.90 Å². The zero-order valence-electron chi connectivity index (χ0n) is 13.9. The van der Waals surface area contributed by atoms with Crippen molar-refractivity contribution in [3.63, 3.8) is 0 Å². The lowest BCUT2D eigenvalue weighted by atomic mass is 9.90. The Hall–Kier alpha value is -0.193. The fourth-order valence-corrected chi connectivity index (χ4v) is 2.77. The molecule has 0 aromatic carbocycles. The molecule has 0 rings (SSSR count). The summed E-state index contributed by atoms with van der Waals surface area (Å²) in [6, 6.07) is 0. The van der Waals surface area contributed by atoms with E-state index in [1.807, 2.05) is 13.8 Å². The number of ketones is 1. The second-order valence-corrected chi connectivity index (χ2v) is 12.0. The summed E-state index contributed by atoms with van der Waals surface area (Å²) in [6.07, 6.45) is -0.133. The van der Waals surface area contributed by atoms with Gasteiger partial charge in [0.15, 0.2) is 8.32 Å². The predicted molar refractivity (Wildman–Crippen MR) is 82.8 cm³/mol. The number of aliphatic hydroxyl groups is 1. The third-order valence-corrected chi connectivity index (χ3v) is 8.97. The summed E-state index contributed by atoms with van der Waals surface area (Å²) in [7, 11) is -1.78. The Labute approximate surface area is 119 Å². The molecule has 114 valence electrons. The van der Waals surface area contributed by atoms with Crippen LogP contribution < -0.4 is 0 Å². The lowest BCUT2D eigenvalue weighted by Crippen LogP contribution is -2.43. The van der Waals surface area contributed by atoms with E-state index < -0.39 is 14.4 Å². The average molecular weight is 289 g/mol. The second-order valence-electron chi connectivity index (χ2n) is 7.15. The van der Waals surface area contributed by atoms with E-state index in [2.05, 4.69) is 33.9 Å². The van der Waals surface area contributed by atoms with Crippen LogP contribution in [0.1, 0.15) is 48.0 Å². The molecule has 0 radical (unpaired) electrons. The number of aliphatic hydroxyl groups excluding tert-OH is 1. The van der Waals surface area contributed by atoms with E-state index in [0.717, 1.165) is 0 Å². The second kappa shape index (κ2) is 7.00. The number of hydrogen-bond donors (Lipinski definition) is 1. The molecule has 0 heterocycles. The van der Waals surface area contributed by atoms with Crippen molar-refractivity contribution in [3.8, 4) is 0 Å². The normalized spacial score (nSPS) is 17.9. The molecule has 1 N–H and O–H groups in total. The Bertz CT molecular complexity index is 294. The number of Topliss-reactive ketones (excluding diaryl/α,β-unsaturated/α-hetero) is 1. The summed E-state index contributed by atoms with van der Waals surface area (Å²) in [6.45, 7) is 17.1. The first-order chi connectivity index (χ1) is 8.44. The van der Waals surface area contributed by atoms with Gasteiger partial charge in [0.25, 0.3) is 0 Å². The van der Waals surface area contributed by atoms with Crippen LogP contribution in [0.4, 0.5) is 0 Å². The van der Waals surface area contributed by atoms with E-state index in [1.54, 1.807) is 6.92 Å². The van der Waals surface area contributed by atoms with Gasteiger partial charge in [-0.15, -0.1) is 0 Å². The molecule has 0 spiro atoms. The van der Waals surface area contributed by atoms with Crippen LogP contribution in [0.25, 0.3) is 0 Å². The van der Waals surface area contributed by atoms with E-state index in [1.165, 1.54) is 0 Å². The first kappa shape index (κ1) is 18.8. The maximum absolute atomic E-state index is 11.6. The maximum Gasteiger partial charge on any atom is 0.191 e. The number of carbonyl (C=O) groups excluding carboxylic acids is 1. The molecule has 0 unspecified atom stereocenters. The maximum atomic E-state index is 11.6. The van der Waals surface area contributed by atoms with Crippen LogP contribution in [-0.2, 0) is 9.22 Å². The van der Waals surface area contributed by atoms with Gasteiger partial charge in [0.2, 0.25) is 0 Å². The fourth-order valence-electron chi connectivity index (χ4n) is 1.66. The predicted octanol–water partition coefficient (Wildman–Crippen LogP) is 3.62. The average Bonchev–Trinajstić information content (AvgIpc) is 2.31. The van der Waals surface area contributed by atoms with Crippen LogP contribution in [0.15, 0.2) is 0 Å². The standard InChI is InChI=1S/C15H32O3Si/c1-9-13(16)12(3)14(17)11(2)10-18-19(7,8)15(4,5)6/h11-12,14,17H,9-10H2,1-8H3/t11-,12+,14-/m0/s1. The van der Waals surface area contributed by atoms with Crippen LogP contribution in [0.5, 0.6) is 0 Å². The number of hydrogen-bond acceptors (Lipinski definition) is 3.